The molecule has 7 nitrogen and oxygen atoms in total. The van der Waals surface area contributed by atoms with E-state index < -0.39 is 0 Å². The molecule has 2 aromatic rings. The van der Waals surface area contributed by atoms with Crippen LogP contribution in [0.2, 0.25) is 0 Å². The lowest BCUT2D eigenvalue weighted by Crippen LogP contribution is -2.29. The molecule has 21 heavy (non-hydrogen) atoms. The van der Waals surface area contributed by atoms with Crippen LogP contribution in [0.3, 0.4) is 0 Å². The van der Waals surface area contributed by atoms with Gasteiger partial charge in [0.05, 0.1) is 24.8 Å². The maximum Gasteiger partial charge on any atom is 0.256 e. The van der Waals surface area contributed by atoms with Crippen molar-refractivity contribution in [1.29, 1.82) is 0 Å². The van der Waals surface area contributed by atoms with Crippen LogP contribution in [0.1, 0.15) is 17.7 Å². The molecule has 0 fully saturated rings. The number of hydrogen-bond acceptors (Lipinski definition) is 4. The summed E-state index contributed by atoms with van der Waals surface area (Å²) in [7, 11) is 1.64. The molecule has 7 heteroatoms. The number of carbonyl (C=O) groups is 1. The third-order valence-electron chi connectivity index (χ3n) is 3.26. The molecule has 0 aromatic carbocycles. The summed E-state index contributed by atoms with van der Waals surface area (Å²) in [4.78, 5) is 31.7. The van der Waals surface area contributed by atoms with Gasteiger partial charge in [0.2, 0.25) is 5.91 Å². The Bertz CT molecular complexity index is 660. The second-order valence-corrected chi connectivity index (χ2v) is 4.91. The Morgan fingerprint density at radius 1 is 1.38 bits per heavy atom. The van der Waals surface area contributed by atoms with E-state index in [1.165, 1.54) is 10.9 Å². The van der Waals surface area contributed by atoms with E-state index in [0.29, 0.717) is 17.8 Å². The number of amides is 1. The molecule has 0 aliphatic rings. The first kappa shape index (κ1) is 15.0. The molecular formula is C14H19N5O2. The highest BCUT2D eigenvalue weighted by atomic mass is 16.1. The van der Waals surface area contributed by atoms with Crippen LogP contribution in [0.5, 0.6) is 0 Å². The molecule has 0 aliphatic carbocycles. The minimum absolute atomic E-state index is 0.118. The van der Waals surface area contributed by atoms with E-state index in [9.17, 15) is 9.59 Å². The van der Waals surface area contributed by atoms with Crippen molar-refractivity contribution in [1.82, 2.24) is 24.4 Å². The quantitative estimate of drug-likeness (QED) is 0.761. The maximum atomic E-state index is 11.8. The Morgan fingerprint density at radius 3 is 2.90 bits per heavy atom. The Hall–Kier alpha value is -2.44. The lowest BCUT2D eigenvalue weighted by molar-refractivity contribution is -0.120. The van der Waals surface area contributed by atoms with Crippen LogP contribution in [0.4, 0.5) is 0 Å². The number of nitrogens with zero attached hydrogens (tertiary/aromatic N) is 4. The predicted octanol–water partition coefficient (Wildman–Crippen LogP) is 0.0342. The molecule has 1 N–H and O–H groups in total. The van der Waals surface area contributed by atoms with Crippen LogP contribution in [-0.2, 0) is 24.8 Å². The number of aromatic nitrogens is 4. The van der Waals surface area contributed by atoms with E-state index in [0.717, 1.165) is 13.0 Å². The summed E-state index contributed by atoms with van der Waals surface area (Å²) in [5.41, 5.74) is 0.937. The summed E-state index contributed by atoms with van der Waals surface area (Å²) in [6.07, 6.45) is 7.75. The van der Waals surface area contributed by atoms with Gasteiger partial charge in [-0.1, -0.05) is 0 Å². The van der Waals surface area contributed by atoms with Gasteiger partial charge in [-0.2, -0.15) is 0 Å². The van der Waals surface area contributed by atoms with Gasteiger partial charge in [0, 0.05) is 38.1 Å². The lowest BCUT2D eigenvalue weighted by atomic mass is 10.2. The van der Waals surface area contributed by atoms with E-state index >= 15 is 0 Å². The molecule has 0 radical (unpaired) electrons. The summed E-state index contributed by atoms with van der Waals surface area (Å²) in [6.45, 7) is 3.08. The minimum Gasteiger partial charge on any atom is -0.356 e. The van der Waals surface area contributed by atoms with E-state index in [4.69, 9.17) is 0 Å². The van der Waals surface area contributed by atoms with E-state index in [-0.39, 0.29) is 17.9 Å². The van der Waals surface area contributed by atoms with E-state index in [1.54, 1.807) is 26.5 Å². The molecule has 2 heterocycles. The highest BCUT2D eigenvalue weighted by Crippen LogP contribution is 1.99. The fourth-order valence-corrected chi connectivity index (χ4v) is 1.99. The lowest BCUT2D eigenvalue weighted by Gasteiger charge is -2.08. The van der Waals surface area contributed by atoms with Gasteiger partial charge < -0.3 is 14.5 Å². The summed E-state index contributed by atoms with van der Waals surface area (Å²) in [6, 6.07) is 0. The van der Waals surface area contributed by atoms with E-state index in [2.05, 4.69) is 15.3 Å². The predicted molar refractivity (Wildman–Crippen MR) is 77.8 cm³/mol. The van der Waals surface area contributed by atoms with Gasteiger partial charge in [0.25, 0.3) is 5.56 Å². The molecule has 0 spiro atoms. The van der Waals surface area contributed by atoms with Crippen LogP contribution in [-0.4, -0.2) is 31.6 Å². The zero-order valence-electron chi connectivity index (χ0n) is 12.2. The fraction of sp³-hybridized carbons (Fsp3) is 0.429. The van der Waals surface area contributed by atoms with Crippen molar-refractivity contribution in [2.45, 2.75) is 26.3 Å². The molecule has 2 aromatic heterocycles. The molecule has 0 saturated heterocycles. The third-order valence-corrected chi connectivity index (χ3v) is 3.26. The van der Waals surface area contributed by atoms with Crippen LogP contribution < -0.4 is 10.9 Å². The zero-order chi connectivity index (χ0) is 15.2. The van der Waals surface area contributed by atoms with Crippen molar-refractivity contribution in [2.24, 2.45) is 7.05 Å². The average Bonchev–Trinajstić information content (AvgIpc) is 2.98. The van der Waals surface area contributed by atoms with Crippen molar-refractivity contribution < 1.29 is 4.79 Å². The summed E-state index contributed by atoms with van der Waals surface area (Å²) in [5, 5.41) is 2.83. The standard InChI is InChI=1S/C14H19N5O2/c1-11-12(17-10-18(2)14(11)21)8-13(20)16-4-3-6-19-7-5-15-9-19/h5,7,9-10H,3-4,6,8H2,1-2H3,(H,16,20). The zero-order valence-corrected chi connectivity index (χ0v) is 12.2. The van der Waals surface area contributed by atoms with Gasteiger partial charge >= 0.3 is 0 Å². The van der Waals surface area contributed by atoms with Gasteiger partial charge in [-0.25, -0.2) is 9.97 Å². The van der Waals surface area contributed by atoms with Crippen LogP contribution >= 0.6 is 0 Å². The van der Waals surface area contributed by atoms with Crippen molar-refractivity contribution >= 4 is 5.91 Å². The minimum atomic E-state index is -0.121. The monoisotopic (exact) mass is 289 g/mol. The largest absolute Gasteiger partial charge is 0.356 e. The number of rotatable bonds is 6. The number of nitrogens with one attached hydrogen (secondary N) is 1. The second-order valence-electron chi connectivity index (χ2n) is 4.91. The van der Waals surface area contributed by atoms with Gasteiger partial charge in [0.15, 0.2) is 0 Å². The van der Waals surface area contributed by atoms with Crippen LogP contribution in [0.15, 0.2) is 29.8 Å². The van der Waals surface area contributed by atoms with Gasteiger partial charge in [-0.3, -0.25) is 9.59 Å². The summed E-state index contributed by atoms with van der Waals surface area (Å²) in [5.74, 6) is -0.121. The van der Waals surface area contributed by atoms with Crippen molar-refractivity contribution in [3.05, 3.63) is 46.7 Å². The topological polar surface area (TPSA) is 81.8 Å². The SMILES string of the molecule is Cc1c(CC(=O)NCCCn2ccnc2)ncn(C)c1=O. The second kappa shape index (κ2) is 6.83. The first-order chi connectivity index (χ1) is 10.1. The Kier molecular flexibility index (Phi) is 4.86. The summed E-state index contributed by atoms with van der Waals surface area (Å²) < 4.78 is 3.36. The summed E-state index contributed by atoms with van der Waals surface area (Å²) >= 11 is 0. The highest BCUT2D eigenvalue weighted by Gasteiger charge is 2.10. The van der Waals surface area contributed by atoms with Crippen molar-refractivity contribution in [3.63, 3.8) is 0 Å². The normalized spacial score (nSPS) is 10.6. The van der Waals surface area contributed by atoms with Crippen LogP contribution in [0.25, 0.3) is 0 Å². The number of hydrogen-bond donors (Lipinski definition) is 1. The molecule has 2 rings (SSSR count). The maximum absolute atomic E-state index is 11.8. The first-order valence-electron chi connectivity index (χ1n) is 6.81. The van der Waals surface area contributed by atoms with E-state index in [1.807, 2.05) is 10.8 Å². The van der Waals surface area contributed by atoms with Crippen molar-refractivity contribution in [3.8, 4) is 0 Å². The fourth-order valence-electron chi connectivity index (χ4n) is 1.99. The molecule has 0 bridgehead atoms. The molecule has 0 unspecified atom stereocenters. The number of carbonyl (C=O) groups excluding carboxylic acids is 1. The smallest absolute Gasteiger partial charge is 0.256 e. The van der Waals surface area contributed by atoms with Gasteiger partial charge in [0.1, 0.15) is 0 Å². The van der Waals surface area contributed by atoms with Gasteiger partial charge in [-0.05, 0) is 13.3 Å². The highest BCUT2D eigenvalue weighted by molar-refractivity contribution is 5.78. The van der Waals surface area contributed by atoms with Crippen LogP contribution in [0, 0.1) is 6.92 Å². The third kappa shape index (κ3) is 4.01. The molecule has 1 amide bonds. The van der Waals surface area contributed by atoms with Crippen molar-refractivity contribution in [2.75, 3.05) is 6.54 Å². The molecule has 0 aliphatic heterocycles. The van der Waals surface area contributed by atoms with Gasteiger partial charge in [-0.15, -0.1) is 0 Å². The molecule has 0 saturated carbocycles. The molecular weight excluding hydrogens is 270 g/mol. The number of imidazole rings is 1. The average molecular weight is 289 g/mol. The molecule has 112 valence electrons. The number of aryl methyl sites for hydroxylation is 2. The Labute approximate surface area is 122 Å². The first-order valence-corrected chi connectivity index (χ1v) is 6.81. The Balaban J connectivity index is 1.79. The molecule has 0 atom stereocenters. The Morgan fingerprint density at radius 2 is 2.19 bits per heavy atom.